The fourth-order valence-corrected chi connectivity index (χ4v) is 2.54. The fourth-order valence-electron chi connectivity index (χ4n) is 2.54. The molecule has 1 aromatic heterocycles. The van der Waals surface area contributed by atoms with E-state index in [0.29, 0.717) is 18.8 Å². The van der Waals surface area contributed by atoms with Crippen LogP contribution in [-0.2, 0) is 6.42 Å². The van der Waals surface area contributed by atoms with Crippen molar-refractivity contribution in [2.24, 2.45) is 0 Å². The summed E-state index contributed by atoms with van der Waals surface area (Å²) in [4.78, 5) is 20.6. The van der Waals surface area contributed by atoms with Gasteiger partial charge in [0.05, 0.1) is 12.4 Å². The van der Waals surface area contributed by atoms with Gasteiger partial charge in [-0.3, -0.25) is 4.79 Å². The summed E-state index contributed by atoms with van der Waals surface area (Å²) in [6, 6.07) is 12.3. The van der Waals surface area contributed by atoms with Gasteiger partial charge in [0.2, 0.25) is 0 Å². The molecule has 0 radical (unpaired) electrons. The molecular weight excluding hydrogens is 343 g/mol. The van der Waals surface area contributed by atoms with E-state index in [0.717, 1.165) is 11.3 Å². The molecule has 27 heavy (non-hydrogen) atoms. The van der Waals surface area contributed by atoms with Crippen molar-refractivity contribution in [3.8, 4) is 0 Å². The number of carbonyl (C=O) groups is 1. The molecule has 0 bridgehead atoms. The van der Waals surface area contributed by atoms with E-state index in [9.17, 15) is 9.18 Å². The molecule has 3 aromatic rings. The predicted octanol–water partition coefficient (Wildman–Crippen LogP) is 3.95. The van der Waals surface area contributed by atoms with E-state index < -0.39 is 0 Å². The Hall–Kier alpha value is -3.28. The number of benzene rings is 2. The molecule has 0 fully saturated rings. The molecule has 0 aliphatic carbocycles. The quantitative estimate of drug-likeness (QED) is 0.695. The monoisotopic (exact) mass is 364 g/mol. The molecule has 3 rings (SSSR count). The molecule has 0 aliphatic rings. The summed E-state index contributed by atoms with van der Waals surface area (Å²) in [5, 5.41) is 5.96. The Balaban J connectivity index is 1.53. The van der Waals surface area contributed by atoms with E-state index in [2.05, 4.69) is 27.5 Å². The van der Waals surface area contributed by atoms with Crippen molar-refractivity contribution >= 4 is 17.4 Å². The number of anilines is 2. The van der Waals surface area contributed by atoms with Crippen molar-refractivity contribution in [1.29, 1.82) is 0 Å². The van der Waals surface area contributed by atoms with Gasteiger partial charge in [0.1, 0.15) is 17.3 Å². The van der Waals surface area contributed by atoms with E-state index in [1.54, 1.807) is 12.1 Å². The minimum atomic E-state index is -0.289. The summed E-state index contributed by atoms with van der Waals surface area (Å²) >= 11 is 0. The molecule has 2 N–H and O–H groups in total. The Morgan fingerprint density at radius 3 is 2.44 bits per heavy atom. The van der Waals surface area contributed by atoms with Crippen molar-refractivity contribution in [3.05, 3.63) is 83.1 Å². The molecule has 0 saturated heterocycles. The first-order valence-electron chi connectivity index (χ1n) is 8.70. The average Bonchev–Trinajstić information content (AvgIpc) is 2.67. The molecule has 0 spiro atoms. The van der Waals surface area contributed by atoms with Gasteiger partial charge in [0, 0.05) is 12.2 Å². The lowest BCUT2D eigenvalue weighted by Crippen LogP contribution is -2.26. The van der Waals surface area contributed by atoms with Crippen LogP contribution in [0.25, 0.3) is 0 Å². The number of rotatable bonds is 6. The van der Waals surface area contributed by atoms with Crippen LogP contribution in [0, 0.1) is 19.7 Å². The van der Waals surface area contributed by atoms with Crippen LogP contribution in [0.15, 0.2) is 54.9 Å². The van der Waals surface area contributed by atoms with Crippen LogP contribution in [0.1, 0.15) is 27.2 Å². The van der Waals surface area contributed by atoms with Crippen molar-refractivity contribution in [3.63, 3.8) is 0 Å². The smallest absolute Gasteiger partial charge is 0.271 e. The van der Waals surface area contributed by atoms with Crippen LogP contribution in [0.3, 0.4) is 0 Å². The van der Waals surface area contributed by atoms with Gasteiger partial charge in [-0.25, -0.2) is 14.4 Å². The number of halogens is 1. The van der Waals surface area contributed by atoms with Gasteiger partial charge in [-0.2, -0.15) is 0 Å². The molecule has 0 atom stereocenters. The molecule has 6 heteroatoms. The second-order valence-electron chi connectivity index (χ2n) is 6.34. The van der Waals surface area contributed by atoms with E-state index in [1.165, 1.54) is 35.7 Å². The molecule has 1 amide bonds. The first-order valence-corrected chi connectivity index (χ1v) is 8.70. The highest BCUT2D eigenvalue weighted by molar-refractivity contribution is 5.92. The maximum absolute atomic E-state index is 12.9. The number of hydrogen-bond acceptors (Lipinski definition) is 4. The number of hydrogen-bond donors (Lipinski definition) is 2. The van der Waals surface area contributed by atoms with Crippen LogP contribution >= 0.6 is 0 Å². The van der Waals surface area contributed by atoms with Crippen LogP contribution in [0.2, 0.25) is 0 Å². The van der Waals surface area contributed by atoms with Crippen LogP contribution in [-0.4, -0.2) is 22.4 Å². The third-order valence-electron chi connectivity index (χ3n) is 4.28. The van der Waals surface area contributed by atoms with Crippen LogP contribution in [0.4, 0.5) is 15.9 Å². The third kappa shape index (κ3) is 5.10. The Labute approximate surface area is 157 Å². The predicted molar refractivity (Wildman–Crippen MR) is 104 cm³/mol. The van der Waals surface area contributed by atoms with Gasteiger partial charge >= 0.3 is 0 Å². The number of carbonyl (C=O) groups excluding carboxylic acids is 1. The molecule has 0 aliphatic heterocycles. The number of amides is 1. The topological polar surface area (TPSA) is 66.9 Å². The van der Waals surface area contributed by atoms with Gasteiger partial charge in [0.25, 0.3) is 5.91 Å². The second kappa shape index (κ2) is 8.40. The van der Waals surface area contributed by atoms with Gasteiger partial charge in [0.15, 0.2) is 0 Å². The highest BCUT2D eigenvalue weighted by Gasteiger charge is 2.08. The lowest BCUT2D eigenvalue weighted by atomic mass is 10.1. The van der Waals surface area contributed by atoms with Crippen LogP contribution < -0.4 is 10.6 Å². The molecule has 138 valence electrons. The normalized spacial score (nSPS) is 10.5. The van der Waals surface area contributed by atoms with Crippen LogP contribution in [0.5, 0.6) is 0 Å². The maximum Gasteiger partial charge on any atom is 0.271 e. The largest absolute Gasteiger partial charge is 0.350 e. The molecule has 0 saturated carbocycles. The third-order valence-corrected chi connectivity index (χ3v) is 4.28. The van der Waals surface area contributed by atoms with Crippen molar-refractivity contribution in [1.82, 2.24) is 15.3 Å². The van der Waals surface area contributed by atoms with E-state index in [4.69, 9.17) is 0 Å². The SMILES string of the molecule is Cc1ccc(Nc2cnc(C(=O)NCCc3ccc(F)cc3)cn2)cc1C. The summed E-state index contributed by atoms with van der Waals surface area (Å²) in [5.41, 5.74) is 4.53. The van der Waals surface area contributed by atoms with Crippen molar-refractivity contribution < 1.29 is 9.18 Å². The first kappa shape index (κ1) is 18.5. The fraction of sp³-hybridized carbons (Fsp3) is 0.190. The second-order valence-corrected chi connectivity index (χ2v) is 6.34. The van der Waals surface area contributed by atoms with Gasteiger partial charge in [-0.05, 0) is 61.2 Å². The minimum Gasteiger partial charge on any atom is -0.350 e. The summed E-state index contributed by atoms with van der Waals surface area (Å²) in [6.07, 6.45) is 3.59. The lowest BCUT2D eigenvalue weighted by Gasteiger charge is -2.08. The molecule has 0 unspecified atom stereocenters. The summed E-state index contributed by atoms with van der Waals surface area (Å²) < 4.78 is 12.9. The average molecular weight is 364 g/mol. The Kier molecular flexibility index (Phi) is 5.76. The number of nitrogens with one attached hydrogen (secondary N) is 2. The molecule has 5 nitrogen and oxygen atoms in total. The van der Waals surface area contributed by atoms with E-state index in [1.807, 2.05) is 25.1 Å². The minimum absolute atomic E-state index is 0.250. The zero-order valence-electron chi connectivity index (χ0n) is 15.3. The summed E-state index contributed by atoms with van der Waals surface area (Å²) in [5.74, 6) is 0.0102. The molecule has 1 heterocycles. The standard InChI is InChI=1S/C21H21FN4O/c1-14-3-8-18(11-15(14)2)26-20-13-24-19(12-25-20)21(27)23-10-9-16-4-6-17(22)7-5-16/h3-8,11-13H,9-10H2,1-2H3,(H,23,27)(H,25,26). The molecular formula is C21H21FN4O. The maximum atomic E-state index is 12.9. The number of aromatic nitrogens is 2. The Morgan fingerprint density at radius 2 is 1.78 bits per heavy atom. The zero-order chi connectivity index (χ0) is 19.2. The van der Waals surface area contributed by atoms with Gasteiger partial charge in [-0.1, -0.05) is 18.2 Å². The van der Waals surface area contributed by atoms with E-state index in [-0.39, 0.29) is 17.4 Å². The highest BCUT2D eigenvalue weighted by atomic mass is 19.1. The van der Waals surface area contributed by atoms with Crippen molar-refractivity contribution in [2.45, 2.75) is 20.3 Å². The van der Waals surface area contributed by atoms with E-state index >= 15 is 0 Å². The number of aryl methyl sites for hydroxylation is 2. The zero-order valence-corrected chi connectivity index (χ0v) is 15.3. The summed E-state index contributed by atoms with van der Waals surface area (Å²) in [7, 11) is 0. The molecule has 2 aromatic carbocycles. The lowest BCUT2D eigenvalue weighted by molar-refractivity contribution is 0.0949. The Bertz CT molecular complexity index is 924. The first-order chi connectivity index (χ1) is 13.0. The highest BCUT2D eigenvalue weighted by Crippen LogP contribution is 2.17. The Morgan fingerprint density at radius 1 is 1.00 bits per heavy atom. The van der Waals surface area contributed by atoms with Crippen molar-refractivity contribution in [2.75, 3.05) is 11.9 Å². The van der Waals surface area contributed by atoms with Gasteiger partial charge < -0.3 is 10.6 Å². The summed E-state index contributed by atoms with van der Waals surface area (Å²) in [6.45, 7) is 4.54. The van der Waals surface area contributed by atoms with Gasteiger partial charge in [-0.15, -0.1) is 0 Å². The number of nitrogens with zero attached hydrogens (tertiary/aromatic N) is 2.